The summed E-state index contributed by atoms with van der Waals surface area (Å²) in [6.07, 6.45) is 2.30. The third-order valence-corrected chi connectivity index (χ3v) is 4.27. The summed E-state index contributed by atoms with van der Waals surface area (Å²) in [5.41, 5.74) is 13.4. The van der Waals surface area contributed by atoms with Gasteiger partial charge in [-0.1, -0.05) is 23.7 Å². The van der Waals surface area contributed by atoms with Gasteiger partial charge in [-0.2, -0.15) is 5.10 Å². The van der Waals surface area contributed by atoms with E-state index in [1.54, 1.807) is 24.3 Å². The number of nitrogens with two attached hydrogens (primary N) is 2. The minimum absolute atomic E-state index is 0.113. The maximum absolute atomic E-state index is 12.6. The monoisotopic (exact) mass is 359 g/mol. The van der Waals surface area contributed by atoms with Crippen molar-refractivity contribution in [1.82, 2.24) is 0 Å². The average molecular weight is 360 g/mol. The van der Waals surface area contributed by atoms with Crippen molar-refractivity contribution in [2.75, 3.05) is 5.32 Å². The summed E-state index contributed by atoms with van der Waals surface area (Å²) in [7, 11) is 0. The van der Waals surface area contributed by atoms with Gasteiger partial charge in [0, 0.05) is 17.5 Å². The summed E-state index contributed by atoms with van der Waals surface area (Å²) < 4.78 is 5.80. The molecule has 0 saturated heterocycles. The summed E-state index contributed by atoms with van der Waals surface area (Å²) in [5, 5.41) is 11.0. The van der Waals surface area contributed by atoms with Crippen LogP contribution in [-0.4, -0.2) is 17.6 Å². The second kappa shape index (κ2) is 6.98. The van der Waals surface area contributed by atoms with Crippen molar-refractivity contribution in [3.8, 4) is 0 Å². The molecule has 0 fully saturated rings. The summed E-state index contributed by atoms with van der Waals surface area (Å²) in [5.74, 6) is 0.487. The van der Waals surface area contributed by atoms with Crippen molar-refractivity contribution >= 4 is 34.9 Å². The molecule has 0 atom stereocenters. The largest absolute Gasteiger partial charge is 0.455 e. The van der Waals surface area contributed by atoms with E-state index in [1.807, 2.05) is 6.92 Å². The lowest BCUT2D eigenvalue weighted by molar-refractivity contribution is 0.0994. The molecule has 0 saturated carbocycles. The van der Waals surface area contributed by atoms with E-state index < -0.39 is 0 Å². The Hall–Kier alpha value is -2.80. The quantitative estimate of drug-likeness (QED) is 0.443. The number of nitrogens with one attached hydrogen (secondary N) is 1. The van der Waals surface area contributed by atoms with Gasteiger partial charge in [0.25, 0.3) is 5.91 Å². The first kappa shape index (κ1) is 17.0. The molecule has 1 amide bonds. The van der Waals surface area contributed by atoms with Crippen LogP contribution in [0.1, 0.15) is 40.3 Å². The number of furan rings is 1. The molecule has 3 rings (SSSR count). The lowest BCUT2D eigenvalue weighted by Crippen LogP contribution is -2.22. The molecule has 1 aromatic carbocycles. The van der Waals surface area contributed by atoms with Crippen LogP contribution >= 0.6 is 11.6 Å². The zero-order valence-electron chi connectivity index (χ0n) is 13.7. The van der Waals surface area contributed by atoms with Crippen molar-refractivity contribution in [3.05, 3.63) is 51.9 Å². The number of amides is 1. The lowest BCUT2D eigenvalue weighted by atomic mass is 9.93. The Morgan fingerprint density at radius 2 is 2.04 bits per heavy atom. The number of carbonyl (C=O) groups excluding carboxylic acids is 1. The summed E-state index contributed by atoms with van der Waals surface area (Å²) in [4.78, 5) is 12.6. The number of benzene rings is 1. The van der Waals surface area contributed by atoms with Crippen molar-refractivity contribution in [3.63, 3.8) is 0 Å². The zero-order chi connectivity index (χ0) is 18.0. The molecule has 8 heteroatoms. The van der Waals surface area contributed by atoms with E-state index in [9.17, 15) is 4.79 Å². The minimum atomic E-state index is -0.360. The van der Waals surface area contributed by atoms with E-state index in [0.717, 1.165) is 30.6 Å². The molecule has 1 heterocycles. The highest BCUT2D eigenvalue weighted by molar-refractivity contribution is 6.33. The van der Waals surface area contributed by atoms with Gasteiger partial charge in [0.2, 0.25) is 5.96 Å². The van der Waals surface area contributed by atoms with Crippen LogP contribution in [0, 0.1) is 6.92 Å². The molecule has 1 aliphatic carbocycles. The second-order valence-electron chi connectivity index (χ2n) is 5.71. The average Bonchev–Trinajstić information content (AvgIpc) is 2.93. The van der Waals surface area contributed by atoms with Gasteiger partial charge in [0.15, 0.2) is 5.76 Å². The van der Waals surface area contributed by atoms with Crippen LogP contribution in [0.5, 0.6) is 0 Å². The van der Waals surface area contributed by atoms with Crippen LogP contribution < -0.4 is 16.8 Å². The number of halogens is 1. The van der Waals surface area contributed by atoms with Gasteiger partial charge in [-0.15, -0.1) is 5.10 Å². The maximum atomic E-state index is 12.6. The molecule has 130 valence electrons. The van der Waals surface area contributed by atoms with Crippen molar-refractivity contribution in [2.45, 2.75) is 26.2 Å². The molecule has 2 aromatic rings. The third kappa shape index (κ3) is 3.51. The van der Waals surface area contributed by atoms with E-state index in [2.05, 4.69) is 15.5 Å². The molecule has 7 nitrogen and oxygen atoms in total. The van der Waals surface area contributed by atoms with Crippen molar-refractivity contribution in [2.24, 2.45) is 21.7 Å². The Balaban J connectivity index is 1.95. The topological polar surface area (TPSA) is 119 Å². The Kier molecular flexibility index (Phi) is 4.76. The van der Waals surface area contributed by atoms with E-state index in [1.165, 1.54) is 0 Å². The first-order valence-electron chi connectivity index (χ1n) is 7.81. The highest BCUT2D eigenvalue weighted by Gasteiger charge is 2.28. The van der Waals surface area contributed by atoms with E-state index in [0.29, 0.717) is 22.0 Å². The molecule has 1 aromatic heterocycles. The van der Waals surface area contributed by atoms with Crippen molar-refractivity contribution in [1.29, 1.82) is 0 Å². The predicted octanol–water partition coefficient (Wildman–Crippen LogP) is 2.81. The molecular formula is C17H18ClN5O2. The number of guanidine groups is 1. The van der Waals surface area contributed by atoms with Gasteiger partial charge in [-0.05, 0) is 31.9 Å². The van der Waals surface area contributed by atoms with Gasteiger partial charge in [0.05, 0.1) is 16.4 Å². The zero-order valence-corrected chi connectivity index (χ0v) is 14.4. The van der Waals surface area contributed by atoms with Crippen LogP contribution in [0.2, 0.25) is 5.02 Å². The van der Waals surface area contributed by atoms with Crippen LogP contribution in [-0.2, 0) is 6.42 Å². The Morgan fingerprint density at radius 3 is 2.76 bits per heavy atom. The Morgan fingerprint density at radius 1 is 1.28 bits per heavy atom. The molecule has 0 unspecified atom stereocenters. The number of nitrogens with zero attached hydrogens (tertiary/aromatic N) is 2. The van der Waals surface area contributed by atoms with E-state index in [-0.39, 0.29) is 17.6 Å². The Labute approximate surface area is 149 Å². The van der Waals surface area contributed by atoms with Crippen molar-refractivity contribution < 1.29 is 9.21 Å². The highest BCUT2D eigenvalue weighted by Crippen LogP contribution is 2.31. The third-order valence-electron chi connectivity index (χ3n) is 3.94. The minimum Gasteiger partial charge on any atom is -0.455 e. The fraction of sp³-hybridized carbons (Fsp3) is 0.235. The second-order valence-corrected chi connectivity index (χ2v) is 6.12. The predicted molar refractivity (Wildman–Crippen MR) is 98.1 cm³/mol. The SMILES string of the molecule is Cc1c(C(=O)Nc2ccccc2Cl)oc2c1/C(=N/N=C(N)N)CCC2. The summed E-state index contributed by atoms with van der Waals surface area (Å²) >= 11 is 6.09. The molecular weight excluding hydrogens is 342 g/mol. The van der Waals surface area contributed by atoms with Crippen LogP contribution in [0.15, 0.2) is 38.9 Å². The highest BCUT2D eigenvalue weighted by atomic mass is 35.5. The number of aryl methyl sites for hydroxylation is 1. The Bertz CT molecular complexity index is 881. The standard InChI is InChI=1S/C17H18ClN5O2/c1-9-14-12(22-23-17(19)20)7-4-8-13(14)25-15(9)16(24)21-11-6-3-2-5-10(11)18/h2-3,5-6H,4,7-8H2,1H3,(H,21,24)(H4,19,20,23)/b22-12+. The normalized spacial score (nSPS) is 14.9. The fourth-order valence-electron chi connectivity index (χ4n) is 2.84. The van der Waals surface area contributed by atoms with Gasteiger partial charge in [0.1, 0.15) is 5.76 Å². The number of carbonyl (C=O) groups is 1. The summed E-state index contributed by atoms with van der Waals surface area (Å²) in [6.45, 7) is 1.82. The van der Waals surface area contributed by atoms with Gasteiger partial charge >= 0.3 is 0 Å². The molecule has 0 spiro atoms. The number of fused-ring (bicyclic) bond motifs is 1. The number of para-hydroxylation sites is 1. The molecule has 1 aliphatic rings. The molecule has 5 N–H and O–H groups in total. The number of anilines is 1. The fourth-order valence-corrected chi connectivity index (χ4v) is 3.03. The molecule has 25 heavy (non-hydrogen) atoms. The van der Waals surface area contributed by atoms with Crippen LogP contribution in [0.3, 0.4) is 0 Å². The molecule has 0 aliphatic heterocycles. The van der Waals surface area contributed by atoms with Crippen LogP contribution in [0.4, 0.5) is 5.69 Å². The van der Waals surface area contributed by atoms with Gasteiger partial charge in [-0.3, -0.25) is 4.79 Å². The number of hydrogen-bond acceptors (Lipinski definition) is 4. The van der Waals surface area contributed by atoms with Crippen LogP contribution in [0.25, 0.3) is 0 Å². The first-order chi connectivity index (χ1) is 12.0. The maximum Gasteiger partial charge on any atom is 0.291 e. The smallest absolute Gasteiger partial charge is 0.291 e. The lowest BCUT2D eigenvalue weighted by Gasteiger charge is -2.11. The van der Waals surface area contributed by atoms with E-state index >= 15 is 0 Å². The number of rotatable bonds is 3. The summed E-state index contributed by atoms with van der Waals surface area (Å²) in [6, 6.07) is 7.02. The van der Waals surface area contributed by atoms with E-state index in [4.69, 9.17) is 27.5 Å². The van der Waals surface area contributed by atoms with Gasteiger partial charge in [-0.25, -0.2) is 0 Å². The molecule has 0 radical (unpaired) electrons. The number of hydrogen-bond donors (Lipinski definition) is 3. The molecule has 0 bridgehead atoms. The van der Waals surface area contributed by atoms with Gasteiger partial charge < -0.3 is 21.2 Å². The first-order valence-corrected chi connectivity index (χ1v) is 8.19.